The lowest BCUT2D eigenvalue weighted by Crippen LogP contribution is -2.62. The van der Waals surface area contributed by atoms with E-state index in [2.05, 4.69) is 6.92 Å². The number of allylic oxidation sites excluding steroid dienone is 1. The summed E-state index contributed by atoms with van der Waals surface area (Å²) in [5.41, 5.74) is 0.0531. The molecule has 0 spiro atoms. The molecule has 0 aromatic carbocycles. The molecule has 4 bridgehead atoms. The van der Waals surface area contributed by atoms with Gasteiger partial charge in [-0.15, -0.1) is 0 Å². The first-order chi connectivity index (χ1) is 9.69. The molecule has 0 aromatic heterocycles. The number of carboxylic acid groups (broad SMARTS) is 1. The summed E-state index contributed by atoms with van der Waals surface area (Å²) in [6.45, 7) is 4.19. The van der Waals surface area contributed by atoms with Gasteiger partial charge in [0, 0.05) is 18.8 Å². The summed E-state index contributed by atoms with van der Waals surface area (Å²) < 4.78 is 0. The molecule has 0 amide bonds. The highest BCUT2D eigenvalue weighted by atomic mass is 16.4. The predicted octanol–water partition coefficient (Wildman–Crippen LogP) is 2.35. The van der Waals surface area contributed by atoms with Crippen LogP contribution in [0.4, 0.5) is 0 Å². The van der Waals surface area contributed by atoms with Gasteiger partial charge in [0.15, 0.2) is 0 Å². The molecule has 2 unspecified atom stereocenters. The molecule has 3 N–H and O–H groups in total. The Hall–Kier alpha value is -0.870. The molecule has 4 saturated carbocycles. The van der Waals surface area contributed by atoms with E-state index in [9.17, 15) is 20.1 Å². The van der Waals surface area contributed by atoms with Crippen molar-refractivity contribution >= 4 is 5.97 Å². The topological polar surface area (TPSA) is 77.8 Å². The normalized spacial score (nSPS) is 48.7. The summed E-state index contributed by atoms with van der Waals surface area (Å²) in [5.74, 6) is -0.869. The van der Waals surface area contributed by atoms with Crippen LogP contribution in [0.1, 0.15) is 52.4 Å². The smallest absolute Gasteiger partial charge is 0.330 e. The highest BCUT2D eigenvalue weighted by Gasteiger charge is 2.65. The van der Waals surface area contributed by atoms with Gasteiger partial charge >= 0.3 is 5.97 Å². The quantitative estimate of drug-likeness (QED) is 0.696. The molecule has 4 aliphatic carbocycles. The third-order valence-electron chi connectivity index (χ3n) is 6.12. The van der Waals surface area contributed by atoms with Crippen molar-refractivity contribution in [3.63, 3.8) is 0 Å². The Balaban J connectivity index is 2.07. The zero-order valence-electron chi connectivity index (χ0n) is 13.0. The van der Waals surface area contributed by atoms with Gasteiger partial charge in [0.05, 0.1) is 0 Å². The highest BCUT2D eigenvalue weighted by Crippen LogP contribution is 2.73. The summed E-state index contributed by atoms with van der Waals surface area (Å²) in [6.07, 6.45) is 7.51. The van der Waals surface area contributed by atoms with Crippen LogP contribution in [-0.2, 0) is 4.79 Å². The van der Waals surface area contributed by atoms with E-state index in [1.165, 1.54) is 0 Å². The van der Waals surface area contributed by atoms with E-state index in [4.69, 9.17) is 0 Å². The minimum Gasteiger partial charge on any atom is -0.478 e. The molecule has 0 aliphatic heterocycles. The number of carboxylic acids is 1. The van der Waals surface area contributed by atoms with Gasteiger partial charge in [-0.2, -0.15) is 0 Å². The van der Waals surface area contributed by atoms with Gasteiger partial charge in [-0.1, -0.05) is 13.0 Å². The average Bonchev–Trinajstić information content (AvgIpc) is 2.35. The van der Waals surface area contributed by atoms with Crippen LogP contribution >= 0.6 is 0 Å². The maximum Gasteiger partial charge on any atom is 0.330 e. The Bertz CT molecular complexity index is 487. The van der Waals surface area contributed by atoms with E-state index in [1.54, 1.807) is 6.92 Å². The molecule has 2 atom stereocenters. The molecule has 118 valence electrons. The molecule has 0 heterocycles. The summed E-state index contributed by atoms with van der Waals surface area (Å²) in [6, 6.07) is 0. The minimum atomic E-state index is -0.869. The largest absolute Gasteiger partial charge is 0.478 e. The van der Waals surface area contributed by atoms with Gasteiger partial charge in [0.1, 0.15) is 0 Å². The van der Waals surface area contributed by atoms with E-state index in [0.29, 0.717) is 5.57 Å². The van der Waals surface area contributed by atoms with E-state index >= 15 is 0 Å². The monoisotopic (exact) mass is 294 g/mol. The zero-order chi connectivity index (χ0) is 15.5. The van der Waals surface area contributed by atoms with Gasteiger partial charge in [-0.3, -0.25) is 0 Å². The molecular formula is C17H26O4. The second kappa shape index (κ2) is 4.32. The minimum absolute atomic E-state index is 0.107. The number of hydrogen-bond donors (Lipinski definition) is 3. The molecule has 4 aliphatic rings. The molecule has 0 saturated heterocycles. The van der Waals surface area contributed by atoms with E-state index < -0.39 is 5.97 Å². The fourth-order valence-electron chi connectivity index (χ4n) is 6.71. The van der Waals surface area contributed by atoms with Crippen LogP contribution in [0.5, 0.6) is 0 Å². The fourth-order valence-corrected chi connectivity index (χ4v) is 6.71. The second-order valence-electron chi connectivity index (χ2n) is 8.68. The van der Waals surface area contributed by atoms with Gasteiger partial charge in [0.25, 0.3) is 0 Å². The van der Waals surface area contributed by atoms with Crippen LogP contribution in [0.2, 0.25) is 0 Å². The van der Waals surface area contributed by atoms with Crippen LogP contribution in [-0.4, -0.2) is 34.5 Å². The first-order valence-corrected chi connectivity index (χ1v) is 7.84. The Kier molecular flexibility index (Phi) is 3.10. The van der Waals surface area contributed by atoms with Crippen LogP contribution in [0.3, 0.4) is 0 Å². The number of carbonyl (C=O) groups is 1. The first-order valence-electron chi connectivity index (χ1n) is 7.84. The van der Waals surface area contributed by atoms with Crippen molar-refractivity contribution in [3.8, 4) is 0 Å². The van der Waals surface area contributed by atoms with Crippen molar-refractivity contribution in [1.82, 2.24) is 0 Å². The van der Waals surface area contributed by atoms with Crippen molar-refractivity contribution in [2.45, 2.75) is 52.4 Å². The maximum absolute atomic E-state index is 11.2. The molecule has 0 aromatic rings. The Morgan fingerprint density at radius 1 is 1.00 bits per heavy atom. The fraction of sp³-hybridized carbons (Fsp3) is 0.824. The molecule has 4 fully saturated rings. The third kappa shape index (κ3) is 2.23. The van der Waals surface area contributed by atoms with Crippen molar-refractivity contribution in [2.75, 3.05) is 13.2 Å². The number of aliphatic hydroxyl groups excluding tert-OH is 2. The zero-order valence-corrected chi connectivity index (χ0v) is 13.0. The van der Waals surface area contributed by atoms with Crippen molar-refractivity contribution in [1.29, 1.82) is 0 Å². The number of hydrogen-bond acceptors (Lipinski definition) is 3. The Morgan fingerprint density at radius 2 is 1.52 bits per heavy atom. The van der Waals surface area contributed by atoms with Crippen LogP contribution in [0.25, 0.3) is 0 Å². The SMILES string of the molecule is CC(=CC12CC3(C)CC(CO)(C1)CC(CO)(C3)C2)C(=O)O. The number of aliphatic carboxylic acids is 1. The third-order valence-corrected chi connectivity index (χ3v) is 6.12. The first kappa shape index (κ1) is 15.0. The van der Waals surface area contributed by atoms with E-state index in [-0.39, 0.29) is 34.9 Å². The molecule has 0 radical (unpaired) electrons. The number of aliphatic hydroxyl groups is 2. The summed E-state index contributed by atoms with van der Waals surface area (Å²) in [5, 5.41) is 29.2. The lowest BCUT2D eigenvalue weighted by Gasteiger charge is -2.69. The molecular weight excluding hydrogens is 268 g/mol. The van der Waals surface area contributed by atoms with E-state index in [0.717, 1.165) is 38.5 Å². The summed E-state index contributed by atoms with van der Waals surface area (Å²) in [4.78, 5) is 11.2. The van der Waals surface area contributed by atoms with Crippen molar-refractivity contribution in [3.05, 3.63) is 11.6 Å². The lowest BCUT2D eigenvalue weighted by atomic mass is 9.36. The Morgan fingerprint density at radius 3 is 1.95 bits per heavy atom. The van der Waals surface area contributed by atoms with Gasteiger partial charge in [0.2, 0.25) is 0 Å². The summed E-state index contributed by atoms with van der Waals surface area (Å²) >= 11 is 0. The van der Waals surface area contributed by atoms with Gasteiger partial charge < -0.3 is 15.3 Å². The second-order valence-corrected chi connectivity index (χ2v) is 8.68. The van der Waals surface area contributed by atoms with Crippen LogP contribution in [0, 0.1) is 21.7 Å². The maximum atomic E-state index is 11.2. The van der Waals surface area contributed by atoms with E-state index in [1.807, 2.05) is 6.08 Å². The standard InChI is InChI=1S/C17H26O4/c1-12(13(20)21)3-15-4-14(2)5-16(7-15,10-18)9-17(6-14,8-15)11-19/h3,18-19H,4-11H2,1-2H3,(H,20,21). The average molecular weight is 294 g/mol. The Labute approximate surface area is 125 Å². The highest BCUT2D eigenvalue weighted by molar-refractivity contribution is 5.85. The van der Waals surface area contributed by atoms with Crippen molar-refractivity contribution in [2.24, 2.45) is 21.7 Å². The predicted molar refractivity (Wildman–Crippen MR) is 78.7 cm³/mol. The van der Waals surface area contributed by atoms with Crippen LogP contribution in [0.15, 0.2) is 11.6 Å². The summed E-state index contributed by atoms with van der Waals surface area (Å²) in [7, 11) is 0. The molecule has 21 heavy (non-hydrogen) atoms. The number of rotatable bonds is 4. The molecule has 4 rings (SSSR count). The van der Waals surface area contributed by atoms with Crippen molar-refractivity contribution < 1.29 is 20.1 Å². The lowest BCUT2D eigenvalue weighted by molar-refractivity contribution is -0.202. The van der Waals surface area contributed by atoms with Gasteiger partial charge in [-0.05, 0) is 67.1 Å². The van der Waals surface area contributed by atoms with Crippen LogP contribution < -0.4 is 0 Å². The van der Waals surface area contributed by atoms with Gasteiger partial charge in [-0.25, -0.2) is 4.79 Å². The molecule has 4 nitrogen and oxygen atoms in total. The molecule has 4 heteroatoms.